The van der Waals surface area contributed by atoms with Crippen molar-refractivity contribution in [3.05, 3.63) is 92.6 Å². The van der Waals surface area contributed by atoms with Gasteiger partial charge >= 0.3 is 0 Å². The molecule has 2 amide bonds. The molecule has 0 aromatic heterocycles. The van der Waals surface area contributed by atoms with Crippen molar-refractivity contribution in [2.24, 2.45) is 0 Å². The summed E-state index contributed by atoms with van der Waals surface area (Å²) < 4.78 is 12.4. The molecule has 35 heavy (non-hydrogen) atoms. The highest BCUT2D eigenvalue weighted by atomic mass is 127. The molecule has 0 atom stereocenters. The number of carbonyl (C=O) groups is 2. The third-order valence-corrected chi connectivity index (χ3v) is 6.58. The highest BCUT2D eigenvalue weighted by Gasteiger charge is 2.34. The maximum atomic E-state index is 13.3. The molecule has 0 unspecified atom stereocenters. The maximum Gasteiger partial charge on any atom is 0.270 e. The van der Waals surface area contributed by atoms with E-state index in [1.807, 2.05) is 60.7 Å². The van der Waals surface area contributed by atoms with Crippen molar-refractivity contribution in [2.75, 3.05) is 12.0 Å². The number of benzene rings is 3. The number of amides is 2. The number of ether oxygens (including phenoxy) is 2. The van der Waals surface area contributed by atoms with Crippen LogP contribution in [0.25, 0.3) is 6.08 Å². The van der Waals surface area contributed by atoms with Crippen molar-refractivity contribution in [2.45, 2.75) is 20.0 Å². The van der Waals surface area contributed by atoms with Crippen LogP contribution in [0.3, 0.4) is 0 Å². The van der Waals surface area contributed by atoms with Crippen molar-refractivity contribution < 1.29 is 19.1 Å². The van der Waals surface area contributed by atoms with Crippen LogP contribution in [0.5, 0.6) is 11.5 Å². The normalized spacial score (nSPS) is 14.8. The number of anilines is 1. The summed E-state index contributed by atoms with van der Waals surface area (Å²) in [6.45, 7) is 2.44. The maximum absolute atomic E-state index is 13.3. The van der Waals surface area contributed by atoms with Gasteiger partial charge in [-0.3, -0.25) is 19.8 Å². The number of halogens is 1. The van der Waals surface area contributed by atoms with Crippen LogP contribution >= 0.6 is 34.8 Å². The molecule has 1 saturated heterocycles. The van der Waals surface area contributed by atoms with E-state index in [1.165, 1.54) is 4.90 Å². The predicted octanol–water partition coefficient (Wildman–Crippen LogP) is 5.27. The number of hydrogen-bond donors (Lipinski definition) is 1. The van der Waals surface area contributed by atoms with Crippen LogP contribution in [0, 0.1) is 3.57 Å². The smallest absolute Gasteiger partial charge is 0.270 e. The van der Waals surface area contributed by atoms with E-state index in [4.69, 9.17) is 21.7 Å². The summed E-state index contributed by atoms with van der Waals surface area (Å²) in [6.07, 6.45) is 2.42. The average Bonchev–Trinajstić information content (AvgIpc) is 2.86. The second kappa shape index (κ2) is 11.0. The van der Waals surface area contributed by atoms with E-state index in [0.29, 0.717) is 29.4 Å². The van der Waals surface area contributed by atoms with Gasteiger partial charge in [-0.25, -0.2) is 0 Å². The molecule has 1 heterocycles. The van der Waals surface area contributed by atoms with E-state index < -0.39 is 11.8 Å². The first-order valence-electron chi connectivity index (χ1n) is 11.0. The number of thiocarbonyl (C=S) groups is 1. The van der Waals surface area contributed by atoms with Crippen LogP contribution in [0.2, 0.25) is 0 Å². The van der Waals surface area contributed by atoms with Gasteiger partial charge in [-0.05, 0) is 88.3 Å². The summed E-state index contributed by atoms with van der Waals surface area (Å²) in [5, 5.41) is 2.68. The Kier molecular flexibility index (Phi) is 7.82. The molecule has 1 aliphatic rings. The molecule has 0 aliphatic carbocycles. The van der Waals surface area contributed by atoms with Gasteiger partial charge in [-0.2, -0.15) is 0 Å². The zero-order valence-electron chi connectivity index (χ0n) is 19.2. The van der Waals surface area contributed by atoms with Crippen LogP contribution in [0.1, 0.15) is 23.6 Å². The van der Waals surface area contributed by atoms with E-state index >= 15 is 0 Å². The summed E-state index contributed by atoms with van der Waals surface area (Å²) in [5.41, 5.74) is 3.38. The molecule has 1 fully saturated rings. The molecule has 8 heteroatoms. The molecule has 0 bridgehead atoms. The predicted molar refractivity (Wildman–Crippen MR) is 149 cm³/mol. The quantitative estimate of drug-likeness (QED) is 0.174. The van der Waals surface area contributed by atoms with E-state index in [2.05, 4.69) is 34.8 Å². The monoisotopic (exact) mass is 598 g/mol. The first-order valence-corrected chi connectivity index (χ1v) is 12.4. The number of aryl methyl sites for hydroxylation is 1. The largest absolute Gasteiger partial charge is 0.493 e. The standard InChI is InChI=1S/C27H23IN2O4S/c1-3-17-9-11-20(12-10-17)30-26(32)21(25(31)29-27(30)35)13-19-14-22(28)24(23(15-19)33-2)34-16-18-7-5-4-6-8-18/h4-15H,3,16H2,1-2H3,(H,29,31,35)/b21-13+. The van der Waals surface area contributed by atoms with Crippen LogP contribution in [0.15, 0.2) is 72.3 Å². The third kappa shape index (κ3) is 5.54. The lowest BCUT2D eigenvalue weighted by Gasteiger charge is -2.29. The summed E-state index contributed by atoms with van der Waals surface area (Å²) in [6, 6.07) is 20.9. The van der Waals surface area contributed by atoms with Crippen molar-refractivity contribution in [3.63, 3.8) is 0 Å². The van der Waals surface area contributed by atoms with Gasteiger partial charge in [-0.1, -0.05) is 49.4 Å². The van der Waals surface area contributed by atoms with Crippen LogP contribution < -0.4 is 19.7 Å². The van der Waals surface area contributed by atoms with E-state index in [1.54, 1.807) is 19.3 Å². The first kappa shape index (κ1) is 24.9. The lowest BCUT2D eigenvalue weighted by molar-refractivity contribution is -0.122. The van der Waals surface area contributed by atoms with Gasteiger partial charge in [-0.15, -0.1) is 0 Å². The lowest BCUT2D eigenvalue weighted by atomic mass is 10.1. The molecule has 0 radical (unpaired) electrons. The second-order valence-corrected chi connectivity index (χ2v) is 9.34. The van der Waals surface area contributed by atoms with Gasteiger partial charge in [0, 0.05) is 0 Å². The molecule has 178 valence electrons. The minimum Gasteiger partial charge on any atom is -0.493 e. The Morgan fingerprint density at radius 1 is 1.03 bits per heavy atom. The topological polar surface area (TPSA) is 67.9 Å². The molecule has 0 saturated carbocycles. The van der Waals surface area contributed by atoms with Crippen molar-refractivity contribution >= 4 is 63.5 Å². The van der Waals surface area contributed by atoms with E-state index in [-0.39, 0.29) is 10.7 Å². The fourth-order valence-electron chi connectivity index (χ4n) is 3.63. The van der Waals surface area contributed by atoms with Crippen LogP contribution in [-0.2, 0) is 22.6 Å². The minimum atomic E-state index is -0.542. The Labute approximate surface area is 223 Å². The van der Waals surface area contributed by atoms with Gasteiger partial charge in [0.05, 0.1) is 16.4 Å². The molecule has 0 spiro atoms. The Bertz CT molecular complexity index is 1310. The summed E-state index contributed by atoms with van der Waals surface area (Å²) in [7, 11) is 1.55. The second-order valence-electron chi connectivity index (χ2n) is 7.79. The van der Waals surface area contributed by atoms with Crippen LogP contribution in [0.4, 0.5) is 5.69 Å². The minimum absolute atomic E-state index is 0.0195. The summed E-state index contributed by atoms with van der Waals surface area (Å²) in [4.78, 5) is 27.3. The number of rotatable bonds is 7. The molecular weight excluding hydrogens is 575 g/mol. The van der Waals surface area contributed by atoms with Crippen LogP contribution in [-0.4, -0.2) is 24.0 Å². The Balaban J connectivity index is 1.63. The van der Waals surface area contributed by atoms with Gasteiger partial charge < -0.3 is 9.47 Å². The SMILES string of the molecule is CCc1ccc(N2C(=O)/C(=C/c3cc(I)c(OCc4ccccc4)c(OC)c3)C(=O)NC2=S)cc1. The van der Waals surface area contributed by atoms with Gasteiger partial charge in [0.2, 0.25) is 0 Å². The fraction of sp³-hybridized carbons (Fsp3) is 0.148. The van der Waals surface area contributed by atoms with Crippen molar-refractivity contribution in [3.8, 4) is 11.5 Å². The molecular formula is C27H23IN2O4S. The fourth-order valence-corrected chi connectivity index (χ4v) is 4.69. The number of nitrogens with zero attached hydrogens (tertiary/aromatic N) is 1. The van der Waals surface area contributed by atoms with Gasteiger partial charge in [0.1, 0.15) is 12.2 Å². The van der Waals surface area contributed by atoms with E-state index in [9.17, 15) is 9.59 Å². The molecule has 1 aliphatic heterocycles. The zero-order valence-corrected chi connectivity index (χ0v) is 22.2. The number of nitrogens with one attached hydrogen (secondary N) is 1. The summed E-state index contributed by atoms with van der Waals surface area (Å²) in [5.74, 6) is 0.0735. The Morgan fingerprint density at radius 2 is 1.74 bits per heavy atom. The highest BCUT2D eigenvalue weighted by Crippen LogP contribution is 2.35. The third-order valence-electron chi connectivity index (χ3n) is 5.49. The Morgan fingerprint density at radius 3 is 2.40 bits per heavy atom. The molecule has 4 rings (SSSR count). The van der Waals surface area contributed by atoms with E-state index in [0.717, 1.165) is 21.1 Å². The zero-order chi connectivity index (χ0) is 24.9. The number of carbonyl (C=O) groups excluding carboxylic acids is 2. The molecule has 3 aromatic carbocycles. The molecule has 6 nitrogen and oxygen atoms in total. The average molecular weight is 598 g/mol. The van der Waals surface area contributed by atoms with Gasteiger partial charge in [0.25, 0.3) is 11.8 Å². The summed E-state index contributed by atoms with van der Waals surface area (Å²) >= 11 is 7.45. The highest BCUT2D eigenvalue weighted by molar-refractivity contribution is 14.1. The lowest BCUT2D eigenvalue weighted by Crippen LogP contribution is -2.54. The Hall–Kier alpha value is -3.24. The van der Waals surface area contributed by atoms with Gasteiger partial charge in [0.15, 0.2) is 16.6 Å². The number of methoxy groups -OCH3 is 1. The number of hydrogen-bond acceptors (Lipinski definition) is 5. The first-order chi connectivity index (χ1) is 16.9. The van der Waals surface area contributed by atoms with Crippen molar-refractivity contribution in [1.29, 1.82) is 0 Å². The molecule has 3 aromatic rings. The van der Waals surface area contributed by atoms with Crippen molar-refractivity contribution in [1.82, 2.24) is 5.32 Å². The molecule has 1 N–H and O–H groups in total.